The number of para-hydroxylation sites is 1. The van der Waals surface area contributed by atoms with E-state index >= 15 is 0 Å². The van der Waals surface area contributed by atoms with Gasteiger partial charge in [0.25, 0.3) is 5.91 Å². The number of halogens is 1. The van der Waals surface area contributed by atoms with Crippen LogP contribution in [-0.2, 0) is 11.3 Å². The van der Waals surface area contributed by atoms with Gasteiger partial charge in [0.2, 0.25) is 5.91 Å². The molecule has 0 bridgehead atoms. The maximum absolute atomic E-state index is 12.8. The predicted molar refractivity (Wildman–Crippen MR) is 114 cm³/mol. The first-order valence-electron chi connectivity index (χ1n) is 9.66. The number of anilines is 1. The average Bonchev–Trinajstić information content (AvgIpc) is 3.14. The van der Waals surface area contributed by atoms with Crippen molar-refractivity contribution in [3.8, 4) is 0 Å². The van der Waals surface area contributed by atoms with Crippen molar-refractivity contribution in [3.63, 3.8) is 0 Å². The number of nitrogens with one attached hydrogen (secondary N) is 1. The van der Waals surface area contributed by atoms with Crippen LogP contribution in [0.2, 0.25) is 5.02 Å². The molecule has 0 aliphatic carbocycles. The fourth-order valence-corrected chi connectivity index (χ4v) is 3.48. The second-order valence-corrected chi connectivity index (χ2v) is 7.60. The van der Waals surface area contributed by atoms with Crippen molar-refractivity contribution in [2.75, 3.05) is 32.0 Å². The van der Waals surface area contributed by atoms with Crippen LogP contribution < -0.4 is 5.32 Å². The predicted octanol–water partition coefficient (Wildman–Crippen LogP) is 3.20. The Balaban J connectivity index is 1.71. The minimum atomic E-state index is -0.272. The summed E-state index contributed by atoms with van der Waals surface area (Å²) in [6.07, 6.45) is 5.04. The normalized spacial score (nSPS) is 16.3. The number of benzene rings is 1. The molecule has 0 saturated heterocycles. The lowest BCUT2D eigenvalue weighted by atomic mass is 10.2. The molecule has 0 fully saturated rings. The number of carbonyl (C=O) groups excluding carboxylic acids is 2. The Morgan fingerprint density at radius 2 is 2.14 bits per heavy atom. The van der Waals surface area contributed by atoms with Gasteiger partial charge in [-0.3, -0.25) is 9.59 Å². The van der Waals surface area contributed by atoms with Gasteiger partial charge in [0.1, 0.15) is 11.5 Å². The smallest absolute Gasteiger partial charge is 0.273 e. The first-order valence-corrected chi connectivity index (χ1v) is 10.0. The van der Waals surface area contributed by atoms with E-state index in [1.165, 1.54) is 0 Å². The number of rotatable bonds is 6. The molecule has 1 aliphatic rings. The molecule has 0 saturated carbocycles. The monoisotopic (exact) mass is 415 g/mol. The summed E-state index contributed by atoms with van der Waals surface area (Å²) in [7, 11) is 2.00. The molecule has 3 rings (SSSR count). The molecule has 29 heavy (non-hydrogen) atoms. The van der Waals surface area contributed by atoms with Crippen LogP contribution in [-0.4, -0.2) is 57.8 Å². The molecule has 0 unspecified atom stereocenters. The molecule has 2 heterocycles. The molecule has 2 amide bonds. The summed E-state index contributed by atoms with van der Waals surface area (Å²) in [4.78, 5) is 33.6. The molecular weight excluding hydrogens is 390 g/mol. The third-order valence-electron chi connectivity index (χ3n) is 5.01. The summed E-state index contributed by atoms with van der Waals surface area (Å²) in [5, 5.41) is 3.31. The van der Waals surface area contributed by atoms with Gasteiger partial charge in [0, 0.05) is 19.2 Å². The quantitative estimate of drug-likeness (QED) is 0.735. The zero-order valence-electron chi connectivity index (χ0n) is 16.9. The van der Waals surface area contributed by atoms with E-state index in [0.717, 1.165) is 13.1 Å². The second kappa shape index (κ2) is 9.24. The molecule has 154 valence electrons. The molecule has 0 spiro atoms. The van der Waals surface area contributed by atoms with E-state index in [9.17, 15) is 9.59 Å². The number of aromatic nitrogens is 2. The van der Waals surface area contributed by atoms with Gasteiger partial charge in [-0.15, -0.1) is 0 Å². The fraction of sp³-hybridized carbons (Fsp3) is 0.381. The minimum absolute atomic E-state index is 0.0438. The largest absolute Gasteiger partial charge is 0.330 e. The minimum Gasteiger partial charge on any atom is -0.330 e. The summed E-state index contributed by atoms with van der Waals surface area (Å²) in [5.74, 6) is 0.379. The molecule has 1 aromatic heterocycles. The second-order valence-electron chi connectivity index (χ2n) is 7.19. The van der Waals surface area contributed by atoms with Crippen molar-refractivity contribution in [1.29, 1.82) is 0 Å². The lowest BCUT2D eigenvalue weighted by Gasteiger charge is -2.32. The summed E-state index contributed by atoms with van der Waals surface area (Å²) >= 11 is 6.14. The molecule has 0 radical (unpaired) electrons. The van der Waals surface area contributed by atoms with Gasteiger partial charge in [0.05, 0.1) is 29.5 Å². The molecular formula is C21H26ClN5O2. The summed E-state index contributed by atoms with van der Waals surface area (Å²) < 4.78 is 1.89. The summed E-state index contributed by atoms with van der Waals surface area (Å²) in [6, 6.07) is 7.02. The van der Waals surface area contributed by atoms with Crippen molar-refractivity contribution in [2.45, 2.75) is 26.4 Å². The van der Waals surface area contributed by atoms with Gasteiger partial charge >= 0.3 is 0 Å². The van der Waals surface area contributed by atoms with E-state index in [0.29, 0.717) is 35.3 Å². The zero-order chi connectivity index (χ0) is 21.0. The van der Waals surface area contributed by atoms with E-state index < -0.39 is 0 Å². The number of carbonyl (C=O) groups is 2. The lowest BCUT2D eigenvalue weighted by Crippen LogP contribution is -2.40. The highest BCUT2D eigenvalue weighted by atomic mass is 35.5. The van der Waals surface area contributed by atoms with Gasteiger partial charge in [-0.2, -0.15) is 0 Å². The topological polar surface area (TPSA) is 70.5 Å². The standard InChI is InChI=1S/C21H26ClN5O2/c1-4-25(3)11-7-10-20(28)26-13-15(2)27-18(12-23-19(27)14-26)21(29)24-17-9-6-5-8-16(17)22/h5-10,12,15H,4,11,13-14H2,1-3H3,(H,24,29)/b10-7+/t15-/m0/s1. The number of likely N-dealkylation sites (N-methyl/N-ethyl adjacent to an activating group) is 1. The Morgan fingerprint density at radius 1 is 1.38 bits per heavy atom. The van der Waals surface area contributed by atoms with Gasteiger partial charge in [-0.1, -0.05) is 36.7 Å². The third-order valence-corrected chi connectivity index (χ3v) is 5.34. The van der Waals surface area contributed by atoms with Crippen LogP contribution in [0.3, 0.4) is 0 Å². The van der Waals surface area contributed by atoms with Crippen molar-refractivity contribution < 1.29 is 9.59 Å². The van der Waals surface area contributed by atoms with Crippen molar-refractivity contribution in [3.05, 3.63) is 59.2 Å². The van der Waals surface area contributed by atoms with Crippen molar-refractivity contribution in [2.24, 2.45) is 0 Å². The summed E-state index contributed by atoms with van der Waals surface area (Å²) in [5.41, 5.74) is 1.01. The molecule has 1 aliphatic heterocycles. The highest BCUT2D eigenvalue weighted by molar-refractivity contribution is 6.33. The highest BCUT2D eigenvalue weighted by Crippen LogP contribution is 2.25. The molecule has 2 aromatic rings. The highest BCUT2D eigenvalue weighted by Gasteiger charge is 2.29. The van der Waals surface area contributed by atoms with Gasteiger partial charge < -0.3 is 19.7 Å². The SMILES string of the molecule is CCN(C)C/C=C/C(=O)N1Cc2ncc(C(=O)Nc3ccccc3Cl)n2[C@@H](C)C1. The van der Waals surface area contributed by atoms with Crippen LogP contribution in [0, 0.1) is 0 Å². The van der Waals surface area contributed by atoms with E-state index in [4.69, 9.17) is 11.6 Å². The van der Waals surface area contributed by atoms with E-state index in [1.807, 2.05) is 30.7 Å². The molecule has 1 atom stereocenters. The van der Waals surface area contributed by atoms with Crippen LogP contribution in [0.25, 0.3) is 0 Å². The van der Waals surface area contributed by atoms with Crippen molar-refractivity contribution in [1.82, 2.24) is 19.4 Å². The Morgan fingerprint density at radius 3 is 2.86 bits per heavy atom. The Kier molecular flexibility index (Phi) is 6.71. The van der Waals surface area contributed by atoms with Crippen molar-refractivity contribution >= 4 is 29.1 Å². The van der Waals surface area contributed by atoms with Gasteiger partial charge in [-0.05, 0) is 32.6 Å². The van der Waals surface area contributed by atoms with E-state index in [-0.39, 0.29) is 17.9 Å². The van der Waals surface area contributed by atoms with Crippen LogP contribution >= 0.6 is 11.6 Å². The summed E-state index contributed by atoms with van der Waals surface area (Å²) in [6.45, 7) is 6.59. The number of hydrogen-bond acceptors (Lipinski definition) is 4. The molecule has 1 N–H and O–H groups in total. The first kappa shape index (κ1) is 21.1. The van der Waals surface area contributed by atoms with Crippen LogP contribution in [0.1, 0.15) is 36.2 Å². The Bertz CT molecular complexity index is 924. The lowest BCUT2D eigenvalue weighted by molar-refractivity contribution is -0.128. The number of nitrogens with zero attached hydrogens (tertiary/aromatic N) is 4. The number of hydrogen-bond donors (Lipinski definition) is 1. The third kappa shape index (κ3) is 4.86. The zero-order valence-corrected chi connectivity index (χ0v) is 17.7. The number of amides is 2. The van der Waals surface area contributed by atoms with E-state index in [1.54, 1.807) is 35.4 Å². The average molecular weight is 416 g/mol. The van der Waals surface area contributed by atoms with Gasteiger partial charge in [-0.25, -0.2) is 4.98 Å². The van der Waals surface area contributed by atoms with Crippen LogP contribution in [0.5, 0.6) is 0 Å². The Labute approximate surface area is 176 Å². The molecule has 1 aromatic carbocycles. The number of imidazole rings is 1. The van der Waals surface area contributed by atoms with Gasteiger partial charge in [0.15, 0.2) is 0 Å². The first-order chi connectivity index (χ1) is 13.9. The molecule has 7 nitrogen and oxygen atoms in total. The van der Waals surface area contributed by atoms with Crippen LogP contribution in [0.4, 0.5) is 5.69 Å². The molecule has 8 heteroatoms. The maximum Gasteiger partial charge on any atom is 0.273 e. The van der Waals surface area contributed by atoms with E-state index in [2.05, 4.69) is 22.1 Å². The maximum atomic E-state index is 12.8. The number of fused-ring (bicyclic) bond motifs is 1. The fourth-order valence-electron chi connectivity index (χ4n) is 3.30. The Hall–Kier alpha value is -2.64. The van der Waals surface area contributed by atoms with Crippen LogP contribution in [0.15, 0.2) is 42.6 Å².